The normalized spacial score (nSPS) is 19.8. The van der Waals surface area contributed by atoms with Gasteiger partial charge in [-0.15, -0.1) is 0 Å². The van der Waals surface area contributed by atoms with Crippen molar-refractivity contribution in [2.75, 3.05) is 32.8 Å². The van der Waals surface area contributed by atoms with E-state index in [0.717, 1.165) is 36.3 Å². The molecular formula is C26H33N3O5S. The number of aromatic hydroxyl groups is 1. The fourth-order valence-corrected chi connectivity index (χ4v) is 7.14. The molecule has 2 atom stereocenters. The zero-order chi connectivity index (χ0) is 25.2. The fourth-order valence-electron chi connectivity index (χ4n) is 5.13. The monoisotopic (exact) mass is 499 g/mol. The second-order valence-electron chi connectivity index (χ2n) is 9.33. The van der Waals surface area contributed by atoms with Gasteiger partial charge in [0, 0.05) is 18.8 Å². The first-order valence-corrected chi connectivity index (χ1v) is 13.5. The summed E-state index contributed by atoms with van der Waals surface area (Å²) < 4.78 is 34.5. The molecule has 1 saturated heterocycles. The smallest absolute Gasteiger partial charge is 0.230 e. The van der Waals surface area contributed by atoms with Crippen LogP contribution in [0.25, 0.3) is 0 Å². The summed E-state index contributed by atoms with van der Waals surface area (Å²) in [5.74, 6) is 0.257. The highest BCUT2D eigenvalue weighted by Crippen LogP contribution is 2.39. The van der Waals surface area contributed by atoms with Gasteiger partial charge in [0.05, 0.1) is 6.04 Å². The summed E-state index contributed by atoms with van der Waals surface area (Å²) in [4.78, 5) is 14.6. The Bertz CT molecular complexity index is 1180. The lowest BCUT2D eigenvalue weighted by molar-refractivity contribution is -0.115. The number of rotatable bonds is 9. The van der Waals surface area contributed by atoms with E-state index in [4.69, 9.17) is 10.1 Å². The number of nitrogens with one attached hydrogen (secondary N) is 1. The number of sulfonamides is 1. The van der Waals surface area contributed by atoms with Crippen molar-refractivity contribution in [2.24, 2.45) is 0 Å². The summed E-state index contributed by atoms with van der Waals surface area (Å²) >= 11 is 0. The lowest BCUT2D eigenvalue weighted by Crippen LogP contribution is -2.49. The number of fused-ring (bicyclic) bond motifs is 1. The lowest BCUT2D eigenvalue weighted by Gasteiger charge is -2.38. The lowest BCUT2D eigenvalue weighted by atomic mass is 9.89. The number of hydrogen-bond acceptors (Lipinski definition) is 7. The molecule has 2 aliphatic rings. The fraction of sp³-hybridized carbons (Fsp3) is 0.462. The van der Waals surface area contributed by atoms with E-state index in [-0.39, 0.29) is 18.0 Å². The Kier molecular flexibility index (Phi) is 7.59. The van der Waals surface area contributed by atoms with Crippen molar-refractivity contribution in [2.45, 2.75) is 44.4 Å². The molecule has 0 spiro atoms. The predicted octanol–water partition coefficient (Wildman–Crippen LogP) is 3.14. The first kappa shape index (κ1) is 25.3. The molecule has 2 aliphatic heterocycles. The van der Waals surface area contributed by atoms with Gasteiger partial charge >= 0.3 is 0 Å². The zero-order valence-electron chi connectivity index (χ0n) is 20.2. The molecule has 2 aromatic carbocycles. The zero-order valence-corrected chi connectivity index (χ0v) is 21.1. The van der Waals surface area contributed by atoms with Gasteiger partial charge < -0.3 is 15.3 Å². The number of ketones is 1. The van der Waals surface area contributed by atoms with Crippen molar-refractivity contribution in [1.82, 2.24) is 9.21 Å². The standard InChI is InChI=1S/C26H33N3O5S/c1-18(27)26(19(2)30)35(32,33)29-14-11-21-17-22(31)7-10-24(21)25(29)20-5-8-23(9-6-20)34-16-15-28-12-3-4-13-28/h5-10,17,25-27,31H,3-4,11-16H2,1-2H3. The molecule has 0 radical (unpaired) electrons. The van der Waals surface area contributed by atoms with Crippen LogP contribution < -0.4 is 4.74 Å². The number of ether oxygens (including phenoxy) is 1. The van der Waals surface area contributed by atoms with Crippen molar-refractivity contribution < 1.29 is 23.1 Å². The van der Waals surface area contributed by atoms with Crippen LogP contribution in [0.3, 0.4) is 0 Å². The maximum atomic E-state index is 13.6. The van der Waals surface area contributed by atoms with E-state index in [0.29, 0.717) is 18.8 Å². The Labute approximate surface area is 207 Å². The molecule has 2 N–H and O–H groups in total. The van der Waals surface area contributed by atoms with Crippen LogP contribution in [-0.4, -0.2) is 72.3 Å². The summed E-state index contributed by atoms with van der Waals surface area (Å²) in [6.07, 6.45) is 2.87. The van der Waals surface area contributed by atoms with Gasteiger partial charge in [-0.05, 0) is 87.2 Å². The minimum Gasteiger partial charge on any atom is -0.508 e. The summed E-state index contributed by atoms with van der Waals surface area (Å²) in [7, 11) is -4.15. The minimum atomic E-state index is -4.15. The van der Waals surface area contributed by atoms with Crippen LogP contribution in [0.4, 0.5) is 0 Å². The van der Waals surface area contributed by atoms with E-state index in [9.17, 15) is 18.3 Å². The van der Waals surface area contributed by atoms with Gasteiger partial charge in [-0.1, -0.05) is 18.2 Å². The predicted molar refractivity (Wildman–Crippen MR) is 135 cm³/mol. The van der Waals surface area contributed by atoms with Gasteiger partial charge in [0.15, 0.2) is 11.0 Å². The van der Waals surface area contributed by atoms with E-state index in [1.54, 1.807) is 18.2 Å². The highest BCUT2D eigenvalue weighted by Gasteiger charge is 2.43. The number of nitrogens with zero attached hydrogens (tertiary/aromatic N) is 2. The largest absolute Gasteiger partial charge is 0.508 e. The summed E-state index contributed by atoms with van der Waals surface area (Å²) in [6, 6.07) is 11.6. The van der Waals surface area contributed by atoms with Gasteiger partial charge in [0.2, 0.25) is 10.0 Å². The Hall–Kier alpha value is -2.75. The third-order valence-electron chi connectivity index (χ3n) is 6.77. The van der Waals surface area contributed by atoms with Crippen molar-refractivity contribution in [3.05, 3.63) is 59.2 Å². The Morgan fingerprint density at radius 2 is 1.80 bits per heavy atom. The number of Topliss-reactive ketones (excluding diaryl/α,β-unsaturated/α-hetero) is 1. The van der Waals surface area contributed by atoms with Gasteiger partial charge in [-0.25, -0.2) is 8.42 Å². The van der Waals surface area contributed by atoms with Crippen LogP contribution in [0.5, 0.6) is 11.5 Å². The molecule has 188 valence electrons. The number of phenolic OH excluding ortho intramolecular Hbond substituents is 1. The van der Waals surface area contributed by atoms with Crippen LogP contribution in [0.2, 0.25) is 0 Å². The number of carbonyl (C=O) groups excluding carboxylic acids is 1. The number of benzene rings is 2. The highest BCUT2D eigenvalue weighted by atomic mass is 32.2. The van der Waals surface area contributed by atoms with E-state index in [2.05, 4.69) is 4.90 Å². The van der Waals surface area contributed by atoms with E-state index >= 15 is 0 Å². The number of hydrogen-bond donors (Lipinski definition) is 2. The van der Waals surface area contributed by atoms with E-state index in [1.807, 2.05) is 24.3 Å². The first-order chi connectivity index (χ1) is 16.7. The second kappa shape index (κ2) is 10.5. The highest BCUT2D eigenvalue weighted by molar-refractivity contribution is 7.91. The number of carbonyl (C=O) groups is 1. The van der Waals surface area contributed by atoms with Crippen molar-refractivity contribution >= 4 is 21.5 Å². The Morgan fingerprint density at radius 3 is 2.43 bits per heavy atom. The van der Waals surface area contributed by atoms with Crippen molar-refractivity contribution in [3.8, 4) is 11.5 Å². The van der Waals surface area contributed by atoms with Gasteiger partial charge in [0.1, 0.15) is 18.1 Å². The molecule has 9 heteroatoms. The molecule has 4 rings (SSSR count). The molecule has 2 aromatic rings. The van der Waals surface area contributed by atoms with Crippen LogP contribution in [-0.2, 0) is 21.2 Å². The molecular weight excluding hydrogens is 466 g/mol. The average Bonchev–Trinajstić information content (AvgIpc) is 3.31. The topological polar surface area (TPSA) is 111 Å². The molecule has 35 heavy (non-hydrogen) atoms. The van der Waals surface area contributed by atoms with Crippen molar-refractivity contribution in [1.29, 1.82) is 5.41 Å². The SMILES string of the molecule is CC(=N)C(C(C)=O)S(=O)(=O)N1CCc2cc(O)ccc2C1c1ccc(OCCN2CCCC2)cc1. The summed E-state index contributed by atoms with van der Waals surface area (Å²) in [5.41, 5.74) is 2.15. The quantitative estimate of drug-likeness (QED) is 0.513. The van der Waals surface area contributed by atoms with Crippen molar-refractivity contribution in [3.63, 3.8) is 0 Å². The Balaban J connectivity index is 1.64. The number of phenols is 1. The van der Waals surface area contributed by atoms with E-state index < -0.39 is 27.1 Å². The van der Waals surface area contributed by atoms with Crippen LogP contribution in [0, 0.1) is 5.41 Å². The number of likely N-dealkylation sites (tertiary alicyclic amines) is 1. The maximum Gasteiger partial charge on any atom is 0.230 e. The molecule has 0 amide bonds. The van der Waals surface area contributed by atoms with Crippen LogP contribution in [0.1, 0.15) is 49.4 Å². The minimum absolute atomic E-state index is 0.123. The average molecular weight is 500 g/mol. The third-order valence-corrected chi connectivity index (χ3v) is 9.10. The molecule has 0 aliphatic carbocycles. The Morgan fingerprint density at radius 1 is 1.11 bits per heavy atom. The molecule has 0 aromatic heterocycles. The molecule has 2 heterocycles. The second-order valence-corrected chi connectivity index (χ2v) is 11.3. The van der Waals surface area contributed by atoms with E-state index in [1.165, 1.54) is 31.0 Å². The maximum absolute atomic E-state index is 13.6. The molecule has 0 saturated carbocycles. The van der Waals surface area contributed by atoms with Crippen LogP contribution >= 0.6 is 0 Å². The van der Waals surface area contributed by atoms with Crippen LogP contribution in [0.15, 0.2) is 42.5 Å². The molecule has 1 fully saturated rings. The third kappa shape index (κ3) is 5.42. The molecule has 2 unspecified atom stereocenters. The summed E-state index contributed by atoms with van der Waals surface area (Å²) in [6.45, 7) is 6.39. The summed E-state index contributed by atoms with van der Waals surface area (Å²) in [5, 5.41) is 16.4. The van der Waals surface area contributed by atoms with Gasteiger partial charge in [0.25, 0.3) is 0 Å². The van der Waals surface area contributed by atoms with Gasteiger partial charge in [-0.3, -0.25) is 9.69 Å². The van der Waals surface area contributed by atoms with Gasteiger partial charge in [-0.2, -0.15) is 4.31 Å². The first-order valence-electron chi connectivity index (χ1n) is 12.0. The molecule has 0 bridgehead atoms. The molecule has 8 nitrogen and oxygen atoms in total.